The highest BCUT2D eigenvalue weighted by atomic mass is 79.9. The summed E-state index contributed by atoms with van der Waals surface area (Å²) in [6.45, 7) is 0. The van der Waals surface area contributed by atoms with Crippen molar-refractivity contribution in [2.75, 3.05) is 5.33 Å². The summed E-state index contributed by atoms with van der Waals surface area (Å²) >= 11 is 3.20. The van der Waals surface area contributed by atoms with Gasteiger partial charge in [0.15, 0.2) is 0 Å². The molecule has 1 aromatic carbocycles. The summed E-state index contributed by atoms with van der Waals surface area (Å²) in [5, 5.41) is 0.507. The van der Waals surface area contributed by atoms with Gasteiger partial charge in [-0.3, -0.25) is 4.79 Å². The Hall–Kier alpha value is -0.630. The third kappa shape index (κ3) is 2.69. The Kier molecular flexibility index (Phi) is 3.57. The van der Waals surface area contributed by atoms with Crippen molar-refractivity contribution < 1.29 is 4.79 Å². The van der Waals surface area contributed by atoms with Crippen LogP contribution >= 0.6 is 15.9 Å². The number of carbonyl (C=O) groups excluding carboxylic acids is 1. The molecule has 0 heterocycles. The Morgan fingerprint density at radius 3 is 2.40 bits per heavy atom. The summed E-state index contributed by atoms with van der Waals surface area (Å²) < 4.78 is 0. The van der Waals surface area contributed by atoms with E-state index in [9.17, 15) is 4.79 Å². The van der Waals surface area contributed by atoms with Gasteiger partial charge >= 0.3 is 0 Å². The Morgan fingerprint density at radius 2 is 1.87 bits per heavy atom. The first-order valence-corrected chi connectivity index (χ1v) is 6.56. The van der Waals surface area contributed by atoms with Gasteiger partial charge in [-0.05, 0) is 36.3 Å². The van der Waals surface area contributed by atoms with Crippen molar-refractivity contribution in [2.45, 2.75) is 25.7 Å². The van der Waals surface area contributed by atoms with Crippen molar-refractivity contribution in [1.82, 2.24) is 0 Å². The normalized spacial score (nSPS) is 15.3. The lowest BCUT2D eigenvalue weighted by Crippen LogP contribution is -2.05. The van der Waals surface area contributed by atoms with Crippen molar-refractivity contribution in [3.05, 3.63) is 35.4 Å². The number of hydrogen-bond acceptors (Lipinski definition) is 1. The van der Waals surface area contributed by atoms with Gasteiger partial charge in [0.1, 0.15) is 5.78 Å². The highest BCUT2D eigenvalue weighted by molar-refractivity contribution is 9.09. The van der Waals surface area contributed by atoms with E-state index in [0.29, 0.717) is 17.0 Å². The summed E-state index contributed by atoms with van der Waals surface area (Å²) in [7, 11) is 0. The van der Waals surface area contributed by atoms with Gasteiger partial charge in [-0.15, -0.1) is 0 Å². The van der Waals surface area contributed by atoms with Crippen LogP contribution in [0.3, 0.4) is 0 Å². The van der Waals surface area contributed by atoms with Crippen LogP contribution in [0.5, 0.6) is 0 Å². The van der Waals surface area contributed by atoms with Crippen molar-refractivity contribution in [3.8, 4) is 0 Å². The number of rotatable bonds is 4. The van der Waals surface area contributed by atoms with E-state index in [1.54, 1.807) is 0 Å². The van der Waals surface area contributed by atoms with E-state index in [1.807, 2.05) is 0 Å². The van der Waals surface area contributed by atoms with Gasteiger partial charge in [0.2, 0.25) is 0 Å². The highest BCUT2D eigenvalue weighted by Gasteiger charge is 2.20. The number of Topliss-reactive ketones (excluding diaryl/α,β-unsaturated/α-hetero) is 1. The number of halogens is 1. The number of carbonyl (C=O) groups is 1. The first-order valence-electron chi connectivity index (χ1n) is 5.44. The predicted molar refractivity (Wildman–Crippen MR) is 65.4 cm³/mol. The Morgan fingerprint density at radius 1 is 1.27 bits per heavy atom. The minimum atomic E-state index is 0.325. The molecular weight excluding hydrogens is 252 g/mol. The van der Waals surface area contributed by atoms with E-state index in [-0.39, 0.29) is 0 Å². The molecule has 0 aromatic heterocycles. The van der Waals surface area contributed by atoms with Crippen molar-refractivity contribution in [3.63, 3.8) is 0 Å². The average molecular weight is 267 g/mol. The second kappa shape index (κ2) is 4.93. The molecule has 80 valence electrons. The molecule has 2 heteroatoms. The zero-order chi connectivity index (χ0) is 10.7. The summed E-state index contributed by atoms with van der Waals surface area (Å²) in [5.74, 6) is 1.01. The minimum Gasteiger partial charge on any atom is -0.299 e. The largest absolute Gasteiger partial charge is 0.299 e. The summed E-state index contributed by atoms with van der Waals surface area (Å²) in [6.07, 6.45) is 4.08. The quantitative estimate of drug-likeness (QED) is 0.766. The fourth-order valence-corrected chi connectivity index (χ4v) is 2.57. The standard InChI is InChI=1S/C13H15BrO/c14-9-13(15)6-5-10-7-11-3-1-2-4-12(11)8-10/h1-4,10H,5-9H2. The molecular formula is C13H15BrO. The van der Waals surface area contributed by atoms with Gasteiger partial charge in [0, 0.05) is 6.42 Å². The van der Waals surface area contributed by atoms with Crippen LogP contribution in [-0.2, 0) is 17.6 Å². The van der Waals surface area contributed by atoms with Crippen LogP contribution < -0.4 is 0 Å². The lowest BCUT2D eigenvalue weighted by molar-refractivity contribution is -0.116. The van der Waals surface area contributed by atoms with Gasteiger partial charge in [0.05, 0.1) is 5.33 Å². The van der Waals surface area contributed by atoms with Gasteiger partial charge in [-0.2, -0.15) is 0 Å². The van der Waals surface area contributed by atoms with Crippen molar-refractivity contribution >= 4 is 21.7 Å². The maximum Gasteiger partial charge on any atom is 0.143 e. The van der Waals surface area contributed by atoms with E-state index in [0.717, 1.165) is 25.7 Å². The second-order valence-corrected chi connectivity index (χ2v) is 4.81. The minimum absolute atomic E-state index is 0.325. The molecule has 1 aliphatic carbocycles. The fourth-order valence-electron chi connectivity index (χ4n) is 2.29. The topological polar surface area (TPSA) is 17.1 Å². The maximum absolute atomic E-state index is 11.2. The molecule has 0 saturated carbocycles. The maximum atomic E-state index is 11.2. The third-order valence-electron chi connectivity index (χ3n) is 3.12. The summed E-state index contributed by atoms with van der Waals surface area (Å²) in [5.41, 5.74) is 2.96. The van der Waals surface area contributed by atoms with E-state index in [4.69, 9.17) is 0 Å². The van der Waals surface area contributed by atoms with Crippen LogP contribution in [0, 0.1) is 5.92 Å². The molecule has 0 amide bonds. The van der Waals surface area contributed by atoms with E-state index in [2.05, 4.69) is 40.2 Å². The molecule has 0 fully saturated rings. The molecule has 0 aliphatic heterocycles. The average Bonchev–Trinajstić information content (AvgIpc) is 2.68. The molecule has 0 spiro atoms. The predicted octanol–water partition coefficient (Wildman–Crippen LogP) is 3.15. The van der Waals surface area contributed by atoms with Crippen LogP contribution in [0.25, 0.3) is 0 Å². The molecule has 1 nitrogen and oxygen atoms in total. The molecule has 2 rings (SSSR count). The molecule has 1 aliphatic rings. The van der Waals surface area contributed by atoms with Crippen LogP contribution in [0.1, 0.15) is 24.0 Å². The van der Waals surface area contributed by atoms with E-state index < -0.39 is 0 Å². The van der Waals surface area contributed by atoms with Gasteiger partial charge < -0.3 is 0 Å². The second-order valence-electron chi connectivity index (χ2n) is 4.25. The molecule has 0 atom stereocenters. The monoisotopic (exact) mass is 266 g/mol. The highest BCUT2D eigenvalue weighted by Crippen LogP contribution is 2.29. The van der Waals surface area contributed by atoms with Crippen LogP contribution in [0.4, 0.5) is 0 Å². The molecule has 0 bridgehead atoms. The molecule has 0 radical (unpaired) electrons. The van der Waals surface area contributed by atoms with Crippen LogP contribution in [0.15, 0.2) is 24.3 Å². The number of ketones is 1. The SMILES string of the molecule is O=C(CBr)CCC1Cc2ccccc2C1. The van der Waals surface area contributed by atoms with Crippen LogP contribution in [0.2, 0.25) is 0 Å². The van der Waals surface area contributed by atoms with Crippen LogP contribution in [-0.4, -0.2) is 11.1 Å². The Bertz CT molecular complexity index is 334. The molecule has 0 N–H and O–H groups in total. The smallest absolute Gasteiger partial charge is 0.143 e. The summed E-state index contributed by atoms with van der Waals surface area (Å²) in [4.78, 5) is 11.2. The molecule has 0 unspecified atom stereocenters. The number of hydrogen-bond donors (Lipinski definition) is 0. The number of alkyl halides is 1. The van der Waals surface area contributed by atoms with E-state index >= 15 is 0 Å². The first-order chi connectivity index (χ1) is 7.29. The molecule has 1 aromatic rings. The Balaban J connectivity index is 1.88. The lowest BCUT2D eigenvalue weighted by atomic mass is 9.99. The van der Waals surface area contributed by atoms with Gasteiger partial charge in [-0.1, -0.05) is 40.2 Å². The fraction of sp³-hybridized carbons (Fsp3) is 0.462. The number of fused-ring (bicyclic) bond motifs is 1. The third-order valence-corrected chi connectivity index (χ3v) is 3.74. The molecule has 15 heavy (non-hydrogen) atoms. The van der Waals surface area contributed by atoms with Gasteiger partial charge in [0.25, 0.3) is 0 Å². The molecule has 0 saturated heterocycles. The first kappa shape index (κ1) is 10.9. The van der Waals surface area contributed by atoms with Crippen molar-refractivity contribution in [2.24, 2.45) is 5.92 Å². The van der Waals surface area contributed by atoms with Crippen molar-refractivity contribution in [1.29, 1.82) is 0 Å². The van der Waals surface area contributed by atoms with Gasteiger partial charge in [-0.25, -0.2) is 0 Å². The number of benzene rings is 1. The van der Waals surface area contributed by atoms with E-state index in [1.165, 1.54) is 11.1 Å². The Labute approximate surface area is 99.0 Å². The lowest BCUT2D eigenvalue weighted by Gasteiger charge is -2.06. The zero-order valence-electron chi connectivity index (χ0n) is 8.71. The zero-order valence-corrected chi connectivity index (χ0v) is 10.3. The summed E-state index contributed by atoms with van der Waals surface area (Å²) in [6, 6.07) is 8.62.